The Hall–Kier alpha value is -1.90. The third kappa shape index (κ3) is 4.34. The van der Waals surface area contributed by atoms with Gasteiger partial charge in [-0.15, -0.1) is 11.8 Å². The largest absolute Gasteiger partial charge is 0.395 e. The molecule has 0 unspecified atom stereocenters. The van der Waals surface area contributed by atoms with Gasteiger partial charge in [0, 0.05) is 23.9 Å². The summed E-state index contributed by atoms with van der Waals surface area (Å²) >= 11 is 1.54. The molecule has 3 nitrogen and oxygen atoms in total. The van der Waals surface area contributed by atoms with Crippen LogP contribution < -0.4 is 0 Å². The summed E-state index contributed by atoms with van der Waals surface area (Å²) in [7, 11) is 0. The second kappa shape index (κ2) is 7.63. The summed E-state index contributed by atoms with van der Waals surface area (Å²) in [4.78, 5) is 7.98. The van der Waals surface area contributed by atoms with E-state index in [1.807, 2.05) is 6.07 Å². The molecule has 1 N–H and O–H groups in total. The lowest BCUT2D eigenvalue weighted by molar-refractivity contribution is 0.305. The molecule has 102 valence electrons. The summed E-state index contributed by atoms with van der Waals surface area (Å²) in [6, 6.07) is 6.39. The van der Waals surface area contributed by atoms with Gasteiger partial charge in [-0.1, -0.05) is 17.9 Å². The molecule has 1 heterocycles. The topological polar surface area (TPSA) is 46.0 Å². The maximum absolute atomic E-state index is 13.3. The van der Waals surface area contributed by atoms with Crippen LogP contribution in [0.25, 0.3) is 0 Å². The maximum Gasteiger partial charge on any atom is 0.124 e. The Labute approximate surface area is 121 Å². The standard InChI is InChI=1S/C15H13FN2OS/c16-14-5-4-13(12(9-14)3-1-2-8-19)10-20-15-6-7-17-11-18-15/h4-7,9,11,19H,2,8,10H2. The molecule has 0 saturated carbocycles. The van der Waals surface area contributed by atoms with Crippen molar-refractivity contribution in [2.75, 3.05) is 6.61 Å². The number of rotatable bonds is 4. The second-order valence-corrected chi connectivity index (χ2v) is 4.91. The van der Waals surface area contributed by atoms with Crippen LogP contribution in [0.5, 0.6) is 0 Å². The third-order valence-corrected chi connectivity index (χ3v) is 3.45. The van der Waals surface area contributed by atoms with Gasteiger partial charge in [0.1, 0.15) is 12.1 Å². The van der Waals surface area contributed by atoms with Gasteiger partial charge in [-0.2, -0.15) is 0 Å². The minimum Gasteiger partial charge on any atom is -0.395 e. The number of aliphatic hydroxyl groups excluding tert-OH is 1. The van der Waals surface area contributed by atoms with Gasteiger partial charge in [0.05, 0.1) is 11.6 Å². The second-order valence-electron chi connectivity index (χ2n) is 3.91. The highest BCUT2D eigenvalue weighted by Crippen LogP contribution is 2.22. The van der Waals surface area contributed by atoms with Crippen LogP contribution in [0.2, 0.25) is 0 Å². The van der Waals surface area contributed by atoms with Crippen LogP contribution in [0, 0.1) is 17.7 Å². The van der Waals surface area contributed by atoms with Crippen molar-refractivity contribution in [1.82, 2.24) is 9.97 Å². The van der Waals surface area contributed by atoms with Gasteiger partial charge in [-0.3, -0.25) is 0 Å². The van der Waals surface area contributed by atoms with Crippen LogP contribution in [0.4, 0.5) is 4.39 Å². The predicted octanol–water partition coefficient (Wildman–Crippen LogP) is 2.64. The van der Waals surface area contributed by atoms with Crippen molar-refractivity contribution < 1.29 is 9.50 Å². The Kier molecular flexibility index (Phi) is 5.54. The average Bonchev–Trinajstić information content (AvgIpc) is 2.48. The molecule has 0 fully saturated rings. The van der Waals surface area contributed by atoms with Gasteiger partial charge >= 0.3 is 0 Å². The molecule has 5 heteroatoms. The zero-order chi connectivity index (χ0) is 14.2. The van der Waals surface area contributed by atoms with E-state index in [1.165, 1.54) is 18.5 Å². The van der Waals surface area contributed by atoms with Crippen LogP contribution in [0.15, 0.2) is 41.8 Å². The summed E-state index contributed by atoms with van der Waals surface area (Å²) in [5.74, 6) is 6.05. The predicted molar refractivity (Wildman–Crippen MR) is 76.6 cm³/mol. The molecule has 0 atom stereocenters. The van der Waals surface area contributed by atoms with E-state index in [9.17, 15) is 4.39 Å². The molecule has 0 spiro atoms. The van der Waals surface area contributed by atoms with E-state index in [0.29, 0.717) is 17.7 Å². The molecule has 2 aromatic rings. The smallest absolute Gasteiger partial charge is 0.124 e. The molecule has 1 aromatic heterocycles. The van der Waals surface area contributed by atoms with Crippen LogP contribution in [-0.4, -0.2) is 21.7 Å². The van der Waals surface area contributed by atoms with Gasteiger partial charge in [0.15, 0.2) is 0 Å². The molecule has 2 rings (SSSR count). The Balaban J connectivity index is 2.13. The molecule has 0 radical (unpaired) electrons. The Morgan fingerprint density at radius 1 is 1.30 bits per heavy atom. The summed E-state index contributed by atoms with van der Waals surface area (Å²) in [5, 5.41) is 9.59. The van der Waals surface area contributed by atoms with Crippen molar-refractivity contribution in [1.29, 1.82) is 0 Å². The first kappa shape index (κ1) is 14.5. The molecular weight excluding hydrogens is 275 g/mol. The normalized spacial score (nSPS) is 9.90. The van der Waals surface area contributed by atoms with Crippen LogP contribution in [-0.2, 0) is 5.75 Å². The van der Waals surface area contributed by atoms with E-state index in [0.717, 1.165) is 10.6 Å². The highest BCUT2D eigenvalue weighted by Gasteiger charge is 2.04. The van der Waals surface area contributed by atoms with E-state index in [-0.39, 0.29) is 12.4 Å². The van der Waals surface area contributed by atoms with E-state index in [2.05, 4.69) is 21.8 Å². The van der Waals surface area contributed by atoms with Crippen molar-refractivity contribution >= 4 is 11.8 Å². The lowest BCUT2D eigenvalue weighted by Gasteiger charge is -2.04. The molecule has 0 amide bonds. The number of nitrogens with zero attached hydrogens (tertiary/aromatic N) is 2. The maximum atomic E-state index is 13.3. The zero-order valence-corrected chi connectivity index (χ0v) is 11.5. The van der Waals surface area contributed by atoms with E-state index in [4.69, 9.17) is 5.11 Å². The number of halogens is 1. The van der Waals surface area contributed by atoms with Gasteiger partial charge < -0.3 is 5.11 Å². The van der Waals surface area contributed by atoms with Crippen molar-refractivity contribution in [2.24, 2.45) is 0 Å². The molecule has 0 aliphatic heterocycles. The molecule has 0 aliphatic rings. The minimum absolute atomic E-state index is 0.00728. The summed E-state index contributed by atoms with van der Waals surface area (Å²) in [6.07, 6.45) is 3.56. The summed E-state index contributed by atoms with van der Waals surface area (Å²) < 4.78 is 13.3. The number of aromatic nitrogens is 2. The quantitative estimate of drug-likeness (QED) is 0.534. The fourth-order valence-corrected chi connectivity index (χ4v) is 2.35. The van der Waals surface area contributed by atoms with Crippen LogP contribution in [0.3, 0.4) is 0 Å². The highest BCUT2D eigenvalue weighted by molar-refractivity contribution is 7.98. The Morgan fingerprint density at radius 2 is 2.20 bits per heavy atom. The first-order valence-electron chi connectivity index (χ1n) is 6.06. The number of hydrogen-bond donors (Lipinski definition) is 1. The highest BCUT2D eigenvalue weighted by atomic mass is 32.2. The molecule has 0 bridgehead atoms. The van der Waals surface area contributed by atoms with Gasteiger partial charge in [0.2, 0.25) is 0 Å². The average molecular weight is 288 g/mol. The molecule has 1 aromatic carbocycles. The third-order valence-electron chi connectivity index (χ3n) is 2.46. The molecule has 0 aliphatic carbocycles. The van der Waals surface area contributed by atoms with Crippen molar-refractivity contribution in [3.63, 3.8) is 0 Å². The molecular formula is C15H13FN2OS. The number of aliphatic hydroxyl groups is 1. The van der Waals surface area contributed by atoms with Crippen molar-refractivity contribution in [2.45, 2.75) is 17.2 Å². The number of hydrogen-bond acceptors (Lipinski definition) is 4. The lowest BCUT2D eigenvalue weighted by atomic mass is 10.1. The fraction of sp³-hybridized carbons (Fsp3) is 0.200. The number of thioether (sulfide) groups is 1. The fourth-order valence-electron chi connectivity index (χ4n) is 1.52. The number of benzene rings is 1. The first-order valence-corrected chi connectivity index (χ1v) is 7.05. The van der Waals surface area contributed by atoms with Gasteiger partial charge in [0.25, 0.3) is 0 Å². The zero-order valence-electron chi connectivity index (χ0n) is 10.7. The lowest BCUT2D eigenvalue weighted by Crippen LogP contribution is -1.91. The van der Waals surface area contributed by atoms with E-state index in [1.54, 1.807) is 24.0 Å². The van der Waals surface area contributed by atoms with Crippen LogP contribution >= 0.6 is 11.8 Å². The molecule has 0 saturated heterocycles. The van der Waals surface area contributed by atoms with E-state index >= 15 is 0 Å². The monoisotopic (exact) mass is 288 g/mol. The van der Waals surface area contributed by atoms with Gasteiger partial charge in [-0.05, 0) is 23.8 Å². The molecule has 20 heavy (non-hydrogen) atoms. The SMILES string of the molecule is OCCC#Cc1cc(F)ccc1CSc1ccncn1. The van der Waals surface area contributed by atoms with Crippen LogP contribution in [0.1, 0.15) is 17.5 Å². The summed E-state index contributed by atoms with van der Waals surface area (Å²) in [6.45, 7) is 0.00728. The minimum atomic E-state index is -0.311. The summed E-state index contributed by atoms with van der Waals surface area (Å²) in [5.41, 5.74) is 1.60. The van der Waals surface area contributed by atoms with Gasteiger partial charge in [-0.25, -0.2) is 14.4 Å². The Bertz CT molecular complexity index is 623. The first-order chi connectivity index (χ1) is 9.79. The van der Waals surface area contributed by atoms with Crippen molar-refractivity contribution in [3.05, 3.63) is 53.7 Å². The van der Waals surface area contributed by atoms with E-state index < -0.39 is 0 Å². The Morgan fingerprint density at radius 3 is 2.95 bits per heavy atom. The van der Waals surface area contributed by atoms with Crippen molar-refractivity contribution in [3.8, 4) is 11.8 Å².